The number of hydroxylamine groups is 1. The van der Waals surface area contributed by atoms with E-state index in [1.807, 2.05) is 0 Å². The van der Waals surface area contributed by atoms with Crippen molar-refractivity contribution in [2.45, 2.75) is 95.0 Å². The van der Waals surface area contributed by atoms with Crippen molar-refractivity contribution in [1.82, 2.24) is 32.3 Å². The Morgan fingerprint density at radius 3 is 2.91 bits per heavy atom. The molecule has 3 aliphatic heterocycles. The van der Waals surface area contributed by atoms with Gasteiger partial charge in [-0.3, -0.25) is 30.5 Å². The molecular weight excluding hydrogens is 452 g/mol. The van der Waals surface area contributed by atoms with Gasteiger partial charge >= 0.3 is 0 Å². The molecule has 198 valence electrons. The van der Waals surface area contributed by atoms with Crippen LogP contribution in [0.1, 0.15) is 64.2 Å². The van der Waals surface area contributed by atoms with Crippen molar-refractivity contribution < 1.29 is 24.3 Å². The summed E-state index contributed by atoms with van der Waals surface area (Å²) in [6.45, 7) is 1.42. The number of rotatable bonds is 9. The highest BCUT2D eigenvalue weighted by Gasteiger charge is 2.41. The first-order valence-corrected chi connectivity index (χ1v) is 13.6. The normalized spacial score (nSPS) is 40.0. The highest BCUT2D eigenvalue weighted by atomic mass is 16.7. The fourth-order valence-electron chi connectivity index (χ4n) is 6.62. The third-order valence-corrected chi connectivity index (χ3v) is 8.62. The fraction of sp³-hybridized carbons (Fsp3) is 0.917. The average molecular weight is 495 g/mol. The van der Waals surface area contributed by atoms with Gasteiger partial charge in [0.15, 0.2) is 0 Å². The second kappa shape index (κ2) is 11.8. The van der Waals surface area contributed by atoms with Crippen LogP contribution >= 0.6 is 0 Å². The highest BCUT2D eigenvalue weighted by Crippen LogP contribution is 2.39. The first-order chi connectivity index (χ1) is 17.1. The molecule has 3 saturated heterocycles. The smallest absolute Gasteiger partial charge is 0.237 e. The van der Waals surface area contributed by atoms with Gasteiger partial charge in [0.2, 0.25) is 11.8 Å². The van der Waals surface area contributed by atoms with E-state index in [4.69, 9.17) is 9.57 Å². The van der Waals surface area contributed by atoms with Crippen LogP contribution in [0, 0.1) is 23.7 Å². The topological polar surface area (TPSA) is 145 Å². The molecule has 11 heteroatoms. The maximum Gasteiger partial charge on any atom is 0.237 e. The molecule has 0 radical (unpaired) electrons. The fourth-order valence-corrected chi connectivity index (χ4v) is 6.62. The van der Waals surface area contributed by atoms with Crippen LogP contribution in [0.15, 0.2) is 0 Å². The zero-order chi connectivity index (χ0) is 24.2. The number of nitrogens with one attached hydrogen (secondary N) is 6. The van der Waals surface area contributed by atoms with Gasteiger partial charge in [-0.1, -0.05) is 12.8 Å². The molecule has 0 bridgehead atoms. The Bertz CT molecular complexity index is 743. The summed E-state index contributed by atoms with van der Waals surface area (Å²) in [5, 5.41) is 20.0. The molecule has 7 N–H and O–H groups in total. The van der Waals surface area contributed by atoms with Crippen molar-refractivity contribution in [3.8, 4) is 0 Å². The molecule has 2 aliphatic carbocycles. The molecule has 9 unspecified atom stereocenters. The Morgan fingerprint density at radius 2 is 2.00 bits per heavy atom. The van der Waals surface area contributed by atoms with Crippen molar-refractivity contribution >= 4 is 11.8 Å². The number of hydrazine groups is 1. The van der Waals surface area contributed by atoms with Gasteiger partial charge < -0.3 is 15.2 Å². The van der Waals surface area contributed by atoms with Gasteiger partial charge in [-0.2, -0.15) is 5.48 Å². The molecular formula is C24H42N6O5. The molecule has 5 aliphatic rings. The molecule has 0 aromatic carbocycles. The Balaban J connectivity index is 0.953. The first-order valence-electron chi connectivity index (χ1n) is 13.6. The summed E-state index contributed by atoms with van der Waals surface area (Å²) in [6, 6.07) is 0. The number of aliphatic hydroxyl groups is 1. The second-order valence-corrected chi connectivity index (χ2v) is 11.0. The summed E-state index contributed by atoms with van der Waals surface area (Å²) in [4.78, 5) is 30.1. The summed E-state index contributed by atoms with van der Waals surface area (Å²) in [6.07, 6.45) is 9.20. The van der Waals surface area contributed by atoms with E-state index in [0.717, 1.165) is 58.0 Å². The molecule has 2 saturated carbocycles. The Kier molecular flexibility index (Phi) is 8.54. The Hall–Kier alpha value is -1.34. The van der Waals surface area contributed by atoms with Crippen molar-refractivity contribution in [1.29, 1.82) is 0 Å². The van der Waals surface area contributed by atoms with E-state index >= 15 is 0 Å². The molecule has 0 spiro atoms. The van der Waals surface area contributed by atoms with Crippen LogP contribution in [0.25, 0.3) is 0 Å². The van der Waals surface area contributed by atoms with Gasteiger partial charge in [0, 0.05) is 38.0 Å². The van der Waals surface area contributed by atoms with E-state index in [9.17, 15) is 14.7 Å². The van der Waals surface area contributed by atoms with Crippen molar-refractivity contribution in [2.75, 3.05) is 19.7 Å². The highest BCUT2D eigenvalue weighted by molar-refractivity contribution is 5.79. The minimum Gasteiger partial charge on any atom is -0.390 e. The number of amides is 2. The van der Waals surface area contributed by atoms with E-state index in [0.29, 0.717) is 37.3 Å². The van der Waals surface area contributed by atoms with E-state index in [1.165, 1.54) is 0 Å². The van der Waals surface area contributed by atoms with E-state index in [-0.39, 0.29) is 48.8 Å². The summed E-state index contributed by atoms with van der Waals surface area (Å²) in [7, 11) is 0. The number of carbonyl (C=O) groups is 2. The lowest BCUT2D eigenvalue weighted by Crippen LogP contribution is -2.65. The molecule has 5 fully saturated rings. The summed E-state index contributed by atoms with van der Waals surface area (Å²) >= 11 is 0. The molecule has 9 atom stereocenters. The number of ether oxygens (including phenoxy) is 1. The van der Waals surface area contributed by atoms with E-state index in [2.05, 4.69) is 32.3 Å². The SMILES string of the molecule is O=C(CCC1NC(C2CCC3OCCC3C2)NO1)NCC(O)CNC1NNC(=O)C2CCCCC12. The Morgan fingerprint density at radius 1 is 1.11 bits per heavy atom. The number of hydrogen-bond donors (Lipinski definition) is 7. The molecule has 35 heavy (non-hydrogen) atoms. The summed E-state index contributed by atoms with van der Waals surface area (Å²) in [5.41, 5.74) is 8.92. The van der Waals surface area contributed by atoms with Crippen LogP contribution in [0.4, 0.5) is 0 Å². The maximum atomic E-state index is 12.3. The van der Waals surface area contributed by atoms with Crippen molar-refractivity contribution in [2.24, 2.45) is 23.7 Å². The summed E-state index contributed by atoms with van der Waals surface area (Å²) in [5.74, 6) is 1.43. The largest absolute Gasteiger partial charge is 0.390 e. The van der Waals surface area contributed by atoms with Gasteiger partial charge in [0.25, 0.3) is 0 Å². The molecule has 0 aromatic rings. The number of hydrogen-bond acceptors (Lipinski definition) is 9. The monoisotopic (exact) mass is 494 g/mol. The van der Waals surface area contributed by atoms with Crippen LogP contribution in [0.3, 0.4) is 0 Å². The Labute approximate surface area is 207 Å². The second-order valence-electron chi connectivity index (χ2n) is 11.0. The standard InChI is InChI=1S/C24H42N6O5/c31-16(13-26-23-17-3-1-2-4-18(17)24(33)29-28-23)12-25-20(32)7-8-21-27-22(30-35-21)15-5-6-19-14(11-15)9-10-34-19/h14-19,21-23,26-28,30-31H,1-13H2,(H,25,32)(H,29,33). The first kappa shape index (κ1) is 25.3. The van der Waals surface area contributed by atoms with Crippen LogP contribution in [-0.4, -0.2) is 67.4 Å². The minimum absolute atomic E-state index is 0.0339. The average Bonchev–Trinajstić information content (AvgIpc) is 3.55. The van der Waals surface area contributed by atoms with E-state index < -0.39 is 6.10 Å². The van der Waals surface area contributed by atoms with Crippen LogP contribution in [0.5, 0.6) is 0 Å². The maximum absolute atomic E-state index is 12.3. The lowest BCUT2D eigenvalue weighted by molar-refractivity contribution is -0.134. The zero-order valence-corrected chi connectivity index (χ0v) is 20.5. The van der Waals surface area contributed by atoms with Gasteiger partial charge in [0.05, 0.1) is 24.5 Å². The van der Waals surface area contributed by atoms with Crippen molar-refractivity contribution in [3.05, 3.63) is 0 Å². The van der Waals surface area contributed by atoms with Gasteiger partial charge in [-0.25, -0.2) is 5.43 Å². The molecule has 11 nitrogen and oxygen atoms in total. The quantitative estimate of drug-likeness (QED) is 0.227. The van der Waals surface area contributed by atoms with Crippen molar-refractivity contribution in [3.63, 3.8) is 0 Å². The predicted molar refractivity (Wildman–Crippen MR) is 127 cm³/mol. The number of aliphatic hydroxyl groups excluding tert-OH is 1. The lowest BCUT2D eigenvalue weighted by Gasteiger charge is -2.41. The number of fused-ring (bicyclic) bond motifs is 2. The third-order valence-electron chi connectivity index (χ3n) is 8.62. The molecule has 3 heterocycles. The number of carbonyl (C=O) groups excluding carboxylic acids is 2. The summed E-state index contributed by atoms with van der Waals surface area (Å²) < 4.78 is 5.81. The van der Waals surface area contributed by atoms with Gasteiger partial charge in [0.1, 0.15) is 6.23 Å². The van der Waals surface area contributed by atoms with Gasteiger partial charge in [-0.15, -0.1) is 0 Å². The van der Waals surface area contributed by atoms with Crippen LogP contribution in [-0.2, 0) is 19.2 Å². The van der Waals surface area contributed by atoms with E-state index in [1.54, 1.807) is 0 Å². The molecule has 0 aromatic heterocycles. The van der Waals surface area contributed by atoms with Crippen LogP contribution < -0.4 is 32.3 Å². The third kappa shape index (κ3) is 6.33. The van der Waals surface area contributed by atoms with Crippen LogP contribution in [0.2, 0.25) is 0 Å². The lowest BCUT2D eigenvalue weighted by atomic mass is 9.76. The molecule has 5 rings (SSSR count). The zero-order valence-electron chi connectivity index (χ0n) is 20.5. The predicted octanol–water partition coefficient (Wildman–Crippen LogP) is -0.418. The molecule has 2 amide bonds. The van der Waals surface area contributed by atoms with Gasteiger partial charge in [-0.05, 0) is 56.8 Å². The minimum atomic E-state index is -0.706.